The van der Waals surface area contributed by atoms with Crippen molar-refractivity contribution in [3.63, 3.8) is 0 Å². The molecule has 0 rings (SSSR count). The van der Waals surface area contributed by atoms with E-state index in [4.69, 9.17) is 9.47 Å². The topological polar surface area (TPSA) is 114 Å². The summed E-state index contributed by atoms with van der Waals surface area (Å²) < 4.78 is 10.1. The third-order valence-corrected chi connectivity index (χ3v) is 10.5. The lowest BCUT2D eigenvalue weighted by Crippen LogP contribution is -2.53. The Kier molecular flexibility index (Phi) is 37.9. The van der Waals surface area contributed by atoms with E-state index in [9.17, 15) is 19.5 Å². The predicted octanol–water partition coefficient (Wildman–Crippen LogP) is 9.83. The first-order valence-electron chi connectivity index (χ1n) is 21.0. The van der Waals surface area contributed by atoms with E-state index < -0.39 is 24.7 Å². The molecule has 8 nitrogen and oxygen atoms in total. The molecule has 0 saturated carbocycles. The van der Waals surface area contributed by atoms with Gasteiger partial charge in [-0.2, -0.15) is 11.8 Å². The van der Waals surface area contributed by atoms with Gasteiger partial charge in [-0.15, -0.1) is 0 Å². The molecule has 0 aliphatic carbocycles. The average molecular weight is 729 g/mol. The molecule has 0 aromatic heterocycles. The third kappa shape index (κ3) is 32.6. The highest BCUT2D eigenvalue weighted by Gasteiger charge is 2.25. The van der Waals surface area contributed by atoms with Crippen LogP contribution in [-0.2, 0) is 23.9 Å². The normalized spacial score (nSPS) is 12.5. The van der Waals surface area contributed by atoms with E-state index in [2.05, 4.69) is 24.5 Å². The summed E-state index contributed by atoms with van der Waals surface area (Å²) in [6.07, 6.45) is 35.2. The fourth-order valence-electron chi connectivity index (χ4n) is 6.19. The minimum atomic E-state index is -1.09. The van der Waals surface area contributed by atoms with Crippen LogP contribution in [0.15, 0.2) is 0 Å². The Bertz CT molecular complexity index is 771. The van der Waals surface area contributed by atoms with Crippen LogP contribution < -0.4 is 10.6 Å². The van der Waals surface area contributed by atoms with Gasteiger partial charge >= 0.3 is 11.9 Å². The van der Waals surface area contributed by atoms with E-state index in [0.29, 0.717) is 31.1 Å². The summed E-state index contributed by atoms with van der Waals surface area (Å²) in [6.45, 7) is 5.02. The molecule has 0 heterocycles. The molecule has 1 amide bonds. The number of nitrogens with one attached hydrogen (secondary N) is 2. The summed E-state index contributed by atoms with van der Waals surface area (Å²) in [5.74, 6) is -0.0981. The summed E-state index contributed by atoms with van der Waals surface area (Å²) in [5.41, 5.74) is 0. The van der Waals surface area contributed by atoms with Crippen LogP contribution in [0.3, 0.4) is 0 Å². The number of rotatable bonds is 39. The molecule has 3 N–H and O–H groups in total. The summed E-state index contributed by atoms with van der Waals surface area (Å²) >= 11 is 1.54. The fraction of sp³-hybridized carbons (Fsp3) is 0.927. The van der Waals surface area contributed by atoms with Gasteiger partial charge in [0, 0.05) is 17.9 Å². The zero-order valence-corrected chi connectivity index (χ0v) is 33.7. The van der Waals surface area contributed by atoms with Crippen molar-refractivity contribution < 1.29 is 29.0 Å². The van der Waals surface area contributed by atoms with Crippen molar-refractivity contribution in [2.75, 3.05) is 38.4 Å². The van der Waals surface area contributed by atoms with Crippen LogP contribution in [-0.4, -0.2) is 73.4 Å². The van der Waals surface area contributed by atoms with Gasteiger partial charge < -0.3 is 25.2 Å². The van der Waals surface area contributed by atoms with Crippen molar-refractivity contribution in [1.82, 2.24) is 10.6 Å². The highest BCUT2D eigenvalue weighted by Crippen LogP contribution is 2.15. The van der Waals surface area contributed by atoms with Gasteiger partial charge in [-0.3, -0.25) is 9.59 Å². The number of ether oxygens (including phenoxy) is 2. The van der Waals surface area contributed by atoms with Crippen LogP contribution in [0.5, 0.6) is 0 Å². The molecule has 50 heavy (non-hydrogen) atoms. The van der Waals surface area contributed by atoms with Crippen molar-refractivity contribution in [3.05, 3.63) is 0 Å². The SMILES string of the molecule is CCCCCCCCCCCCCCCCN[C@@H](CSCCOC(=O)CCCCCCCCCCCCCCC)C(=O)N[C@@H](CO)C(=O)OC. The monoisotopic (exact) mass is 729 g/mol. The Morgan fingerprint density at radius 1 is 0.600 bits per heavy atom. The van der Waals surface area contributed by atoms with Gasteiger partial charge in [0.1, 0.15) is 6.61 Å². The first kappa shape index (κ1) is 48.7. The molecule has 0 aromatic carbocycles. The van der Waals surface area contributed by atoms with Crippen LogP contribution in [0, 0.1) is 0 Å². The van der Waals surface area contributed by atoms with E-state index in [-0.39, 0.29) is 11.9 Å². The number of aliphatic hydroxyl groups excluding tert-OH is 1. The van der Waals surface area contributed by atoms with Gasteiger partial charge in [0.15, 0.2) is 6.04 Å². The molecule has 0 aliphatic rings. The minimum Gasteiger partial charge on any atom is -0.467 e. The van der Waals surface area contributed by atoms with Crippen LogP contribution in [0.25, 0.3) is 0 Å². The molecule has 0 spiro atoms. The second kappa shape index (κ2) is 38.9. The van der Waals surface area contributed by atoms with Crippen molar-refractivity contribution >= 4 is 29.6 Å². The molecule has 0 bridgehead atoms. The molecule has 0 aromatic rings. The molecule has 9 heteroatoms. The van der Waals surface area contributed by atoms with Crippen LogP contribution in [0.1, 0.15) is 194 Å². The second-order valence-electron chi connectivity index (χ2n) is 14.2. The third-order valence-electron chi connectivity index (χ3n) is 9.48. The summed E-state index contributed by atoms with van der Waals surface area (Å²) in [7, 11) is 1.23. The van der Waals surface area contributed by atoms with Crippen LogP contribution >= 0.6 is 11.8 Å². The molecule has 0 radical (unpaired) electrons. The van der Waals surface area contributed by atoms with Gasteiger partial charge in [-0.05, 0) is 19.4 Å². The Morgan fingerprint density at radius 3 is 1.44 bits per heavy atom. The van der Waals surface area contributed by atoms with Crippen molar-refractivity contribution in [2.24, 2.45) is 0 Å². The predicted molar refractivity (Wildman–Crippen MR) is 212 cm³/mol. The lowest BCUT2D eigenvalue weighted by Gasteiger charge is -2.21. The van der Waals surface area contributed by atoms with Gasteiger partial charge in [0.2, 0.25) is 5.91 Å². The molecule has 296 valence electrons. The first-order chi connectivity index (χ1) is 24.5. The maximum atomic E-state index is 13.0. The second-order valence-corrected chi connectivity index (χ2v) is 15.3. The van der Waals surface area contributed by atoms with Crippen molar-refractivity contribution in [3.8, 4) is 0 Å². The quantitative estimate of drug-likeness (QED) is 0.0424. The smallest absolute Gasteiger partial charge is 0.330 e. The van der Waals surface area contributed by atoms with Crippen molar-refractivity contribution in [1.29, 1.82) is 0 Å². The van der Waals surface area contributed by atoms with E-state index in [0.717, 1.165) is 25.7 Å². The number of thioether (sulfide) groups is 1. The first-order valence-corrected chi connectivity index (χ1v) is 22.1. The Morgan fingerprint density at radius 2 is 1.02 bits per heavy atom. The number of aliphatic hydroxyl groups is 1. The fourth-order valence-corrected chi connectivity index (χ4v) is 7.06. The van der Waals surface area contributed by atoms with Gasteiger partial charge in [-0.1, -0.05) is 174 Å². The number of methoxy groups -OCH3 is 1. The zero-order chi connectivity index (χ0) is 36.8. The summed E-state index contributed by atoms with van der Waals surface area (Å²) in [5, 5.41) is 15.5. The lowest BCUT2D eigenvalue weighted by molar-refractivity contribution is -0.146. The Balaban J connectivity index is 4.11. The zero-order valence-electron chi connectivity index (χ0n) is 32.9. The van der Waals surface area contributed by atoms with E-state index >= 15 is 0 Å². The Hall–Kier alpha value is -1.32. The van der Waals surface area contributed by atoms with Crippen LogP contribution in [0.2, 0.25) is 0 Å². The van der Waals surface area contributed by atoms with E-state index in [1.165, 1.54) is 167 Å². The highest BCUT2D eigenvalue weighted by molar-refractivity contribution is 7.99. The van der Waals surface area contributed by atoms with E-state index in [1.54, 1.807) is 0 Å². The summed E-state index contributed by atoms with van der Waals surface area (Å²) in [4.78, 5) is 37.1. The number of hydrogen-bond donors (Lipinski definition) is 3. The maximum absolute atomic E-state index is 13.0. The van der Waals surface area contributed by atoms with Crippen molar-refractivity contribution in [2.45, 2.75) is 206 Å². The average Bonchev–Trinajstić information content (AvgIpc) is 3.12. The number of carbonyl (C=O) groups excluding carboxylic acids is 3. The van der Waals surface area contributed by atoms with Gasteiger partial charge in [0.25, 0.3) is 0 Å². The number of unbranched alkanes of at least 4 members (excludes halogenated alkanes) is 25. The Labute approximate surface area is 312 Å². The maximum Gasteiger partial charge on any atom is 0.330 e. The van der Waals surface area contributed by atoms with Crippen LogP contribution in [0.4, 0.5) is 0 Å². The largest absolute Gasteiger partial charge is 0.467 e. The van der Waals surface area contributed by atoms with Gasteiger partial charge in [0.05, 0.1) is 19.8 Å². The number of hydrogen-bond acceptors (Lipinski definition) is 8. The van der Waals surface area contributed by atoms with Gasteiger partial charge in [-0.25, -0.2) is 4.79 Å². The standard InChI is InChI=1S/C41H80N2O6S/c1-4-6-8-10-12-14-16-18-20-22-24-26-28-30-32-42-38(40(46)43-37(35-44)41(47)48-3)36-50-34-33-49-39(45)31-29-27-25-23-21-19-17-15-13-11-9-7-5-2/h37-38,42,44H,4-36H2,1-3H3,(H,43,46)/t37-,38-/m0/s1. The molecular weight excluding hydrogens is 649 g/mol. The number of amides is 1. The molecule has 2 atom stereocenters. The number of esters is 2. The molecule has 0 unspecified atom stereocenters. The molecule has 0 aliphatic heterocycles. The molecule has 0 saturated heterocycles. The molecular formula is C41H80N2O6S. The highest BCUT2D eigenvalue weighted by atomic mass is 32.2. The minimum absolute atomic E-state index is 0.150. The molecule has 0 fully saturated rings. The van der Waals surface area contributed by atoms with E-state index in [1.807, 2.05) is 0 Å². The number of carbonyl (C=O) groups is 3. The lowest BCUT2D eigenvalue weighted by atomic mass is 10.0. The summed E-state index contributed by atoms with van der Waals surface area (Å²) in [6, 6.07) is -1.61.